The first-order chi connectivity index (χ1) is 9.10. The Hall–Kier alpha value is -0.540. The molecule has 0 aliphatic rings. The summed E-state index contributed by atoms with van der Waals surface area (Å²) in [5.41, 5.74) is 1.72. The van der Waals surface area contributed by atoms with E-state index < -0.39 is 0 Å². The third-order valence-electron chi connectivity index (χ3n) is 4.05. The van der Waals surface area contributed by atoms with Gasteiger partial charge in [-0.3, -0.25) is 0 Å². The quantitative estimate of drug-likeness (QED) is 0.763. The zero-order valence-corrected chi connectivity index (χ0v) is 14.1. The largest absolute Gasteiger partial charge is 0.496 e. The topological polar surface area (TPSA) is 21.3 Å². The van der Waals surface area contributed by atoms with E-state index in [-0.39, 0.29) is 0 Å². The van der Waals surface area contributed by atoms with Gasteiger partial charge in [-0.25, -0.2) is 0 Å². The van der Waals surface area contributed by atoms with Crippen molar-refractivity contribution in [2.45, 2.75) is 40.0 Å². The summed E-state index contributed by atoms with van der Waals surface area (Å²) >= 11 is 3.57. The summed E-state index contributed by atoms with van der Waals surface area (Å²) in [6.45, 7) is 8.87. The number of nitrogens with one attached hydrogen (secondary N) is 1. The summed E-state index contributed by atoms with van der Waals surface area (Å²) in [4.78, 5) is 0. The Labute approximate surface area is 126 Å². The maximum Gasteiger partial charge on any atom is 0.133 e. The smallest absolute Gasteiger partial charge is 0.133 e. The Morgan fingerprint density at radius 2 is 1.89 bits per heavy atom. The van der Waals surface area contributed by atoms with Crippen LogP contribution in [0.15, 0.2) is 22.7 Å². The SMILES string of the molecule is CCNCC(CC)(CC)Cc1ccc(OC)c(Br)c1. The third kappa shape index (κ3) is 4.50. The standard InChI is InChI=1S/C16H26BrNO/c1-5-16(6-2,12-18-7-3)11-13-8-9-15(19-4)14(17)10-13/h8-10,18H,5-7,11-12H2,1-4H3. The van der Waals surface area contributed by atoms with Crippen molar-refractivity contribution in [2.24, 2.45) is 5.41 Å². The summed E-state index contributed by atoms with van der Waals surface area (Å²) in [5, 5.41) is 3.51. The van der Waals surface area contributed by atoms with Crippen molar-refractivity contribution < 1.29 is 4.74 Å². The van der Waals surface area contributed by atoms with Crippen LogP contribution in [0.2, 0.25) is 0 Å². The lowest BCUT2D eigenvalue weighted by atomic mass is 9.77. The first-order valence-corrected chi connectivity index (χ1v) is 7.93. The van der Waals surface area contributed by atoms with E-state index in [0.29, 0.717) is 5.41 Å². The van der Waals surface area contributed by atoms with Crippen LogP contribution in [0.4, 0.5) is 0 Å². The minimum Gasteiger partial charge on any atom is -0.496 e. The van der Waals surface area contributed by atoms with Gasteiger partial charge in [0, 0.05) is 6.54 Å². The molecule has 0 atom stereocenters. The van der Waals surface area contributed by atoms with Crippen LogP contribution < -0.4 is 10.1 Å². The summed E-state index contributed by atoms with van der Waals surface area (Å²) in [5.74, 6) is 0.897. The first-order valence-electron chi connectivity index (χ1n) is 7.14. The highest BCUT2D eigenvalue weighted by atomic mass is 79.9. The molecule has 1 N–H and O–H groups in total. The van der Waals surface area contributed by atoms with E-state index in [9.17, 15) is 0 Å². The van der Waals surface area contributed by atoms with Gasteiger partial charge in [0.05, 0.1) is 11.6 Å². The molecule has 0 fully saturated rings. The Morgan fingerprint density at radius 3 is 2.37 bits per heavy atom. The molecular weight excluding hydrogens is 302 g/mol. The molecule has 0 spiro atoms. The summed E-state index contributed by atoms with van der Waals surface area (Å²) in [7, 11) is 1.70. The second kappa shape index (κ2) is 7.91. The lowest BCUT2D eigenvalue weighted by Crippen LogP contribution is -2.35. The van der Waals surface area contributed by atoms with Crippen LogP contribution in [0, 0.1) is 5.41 Å². The third-order valence-corrected chi connectivity index (χ3v) is 4.67. The van der Waals surface area contributed by atoms with Crippen LogP contribution in [0.1, 0.15) is 39.2 Å². The van der Waals surface area contributed by atoms with Gasteiger partial charge in [0.1, 0.15) is 5.75 Å². The minimum atomic E-state index is 0.351. The zero-order valence-electron chi connectivity index (χ0n) is 12.6. The van der Waals surface area contributed by atoms with Crippen LogP contribution in [-0.2, 0) is 6.42 Å². The number of hydrogen-bond donors (Lipinski definition) is 1. The van der Waals surface area contributed by atoms with Gasteiger partial charge in [-0.2, -0.15) is 0 Å². The highest BCUT2D eigenvalue weighted by molar-refractivity contribution is 9.10. The second-order valence-corrected chi connectivity index (χ2v) is 5.99. The molecule has 0 aromatic heterocycles. The van der Waals surface area contributed by atoms with E-state index in [2.05, 4.69) is 54.2 Å². The molecule has 0 aliphatic carbocycles. The lowest BCUT2D eigenvalue weighted by Gasteiger charge is -2.32. The predicted octanol–water partition coefficient (Wildman–Crippen LogP) is 4.42. The van der Waals surface area contributed by atoms with E-state index in [1.54, 1.807) is 7.11 Å². The van der Waals surface area contributed by atoms with E-state index in [1.165, 1.54) is 18.4 Å². The monoisotopic (exact) mass is 327 g/mol. The molecule has 0 saturated heterocycles. The molecule has 1 aromatic rings. The van der Waals surface area contributed by atoms with Crippen LogP contribution in [0.3, 0.4) is 0 Å². The fourth-order valence-corrected chi connectivity index (χ4v) is 3.04. The molecule has 3 heteroatoms. The number of ether oxygens (including phenoxy) is 1. The van der Waals surface area contributed by atoms with Gasteiger partial charge in [0.25, 0.3) is 0 Å². The predicted molar refractivity (Wildman–Crippen MR) is 86.0 cm³/mol. The van der Waals surface area contributed by atoms with Crippen LogP contribution in [0.5, 0.6) is 5.75 Å². The molecule has 0 bridgehead atoms. The van der Waals surface area contributed by atoms with Crippen molar-refractivity contribution in [1.29, 1.82) is 0 Å². The normalized spacial score (nSPS) is 11.6. The molecule has 0 unspecified atom stereocenters. The summed E-state index contributed by atoms with van der Waals surface area (Å²) < 4.78 is 6.33. The second-order valence-electron chi connectivity index (χ2n) is 5.13. The first kappa shape index (κ1) is 16.5. The molecule has 0 saturated carbocycles. The van der Waals surface area contributed by atoms with Gasteiger partial charge in [-0.15, -0.1) is 0 Å². The van der Waals surface area contributed by atoms with E-state index in [0.717, 1.165) is 29.7 Å². The van der Waals surface area contributed by atoms with Crippen molar-refractivity contribution in [2.75, 3.05) is 20.2 Å². The highest BCUT2D eigenvalue weighted by Gasteiger charge is 2.26. The minimum absolute atomic E-state index is 0.351. The molecule has 1 rings (SSSR count). The Kier molecular flexibility index (Phi) is 6.87. The Bertz CT molecular complexity index is 388. The molecule has 19 heavy (non-hydrogen) atoms. The lowest BCUT2D eigenvalue weighted by molar-refractivity contribution is 0.248. The molecular formula is C16H26BrNO. The zero-order chi connectivity index (χ0) is 14.3. The number of methoxy groups -OCH3 is 1. The summed E-state index contributed by atoms with van der Waals surface area (Å²) in [6, 6.07) is 6.41. The average molecular weight is 328 g/mol. The number of hydrogen-bond acceptors (Lipinski definition) is 2. The Balaban J connectivity index is 2.86. The van der Waals surface area contributed by atoms with Crippen LogP contribution in [0.25, 0.3) is 0 Å². The maximum absolute atomic E-state index is 5.29. The molecule has 2 nitrogen and oxygen atoms in total. The van der Waals surface area contributed by atoms with Gasteiger partial charge >= 0.3 is 0 Å². The van der Waals surface area contributed by atoms with Crippen molar-refractivity contribution in [3.63, 3.8) is 0 Å². The Morgan fingerprint density at radius 1 is 1.21 bits per heavy atom. The van der Waals surface area contributed by atoms with Gasteiger partial charge < -0.3 is 10.1 Å². The van der Waals surface area contributed by atoms with Crippen molar-refractivity contribution >= 4 is 15.9 Å². The van der Waals surface area contributed by atoms with E-state index >= 15 is 0 Å². The fraction of sp³-hybridized carbons (Fsp3) is 0.625. The van der Waals surface area contributed by atoms with Crippen LogP contribution >= 0.6 is 15.9 Å². The average Bonchev–Trinajstić information content (AvgIpc) is 2.44. The summed E-state index contributed by atoms with van der Waals surface area (Å²) in [6.07, 6.45) is 3.50. The fourth-order valence-electron chi connectivity index (χ4n) is 2.46. The number of halogens is 1. The molecule has 0 radical (unpaired) electrons. The van der Waals surface area contributed by atoms with Crippen LogP contribution in [-0.4, -0.2) is 20.2 Å². The van der Waals surface area contributed by atoms with Crippen molar-refractivity contribution in [1.82, 2.24) is 5.32 Å². The van der Waals surface area contributed by atoms with Gasteiger partial charge in [-0.05, 0) is 64.8 Å². The van der Waals surface area contributed by atoms with Crippen molar-refractivity contribution in [3.8, 4) is 5.75 Å². The maximum atomic E-state index is 5.29. The molecule has 0 aliphatic heterocycles. The van der Waals surface area contributed by atoms with Gasteiger partial charge in [0.15, 0.2) is 0 Å². The highest BCUT2D eigenvalue weighted by Crippen LogP contribution is 2.33. The molecule has 0 heterocycles. The van der Waals surface area contributed by atoms with Gasteiger partial charge in [-0.1, -0.05) is 26.8 Å². The van der Waals surface area contributed by atoms with E-state index in [1.807, 2.05) is 6.07 Å². The van der Waals surface area contributed by atoms with Gasteiger partial charge in [0.2, 0.25) is 0 Å². The molecule has 108 valence electrons. The van der Waals surface area contributed by atoms with E-state index in [4.69, 9.17) is 4.74 Å². The van der Waals surface area contributed by atoms with Crippen molar-refractivity contribution in [3.05, 3.63) is 28.2 Å². The number of benzene rings is 1. The molecule has 1 aromatic carbocycles. The molecule has 0 amide bonds. The number of rotatable bonds is 8.